The van der Waals surface area contributed by atoms with E-state index in [1.165, 1.54) is 0 Å². The van der Waals surface area contributed by atoms with Crippen molar-refractivity contribution < 1.29 is 8.42 Å². The number of hydrogen-bond acceptors (Lipinski definition) is 2. The first-order chi connectivity index (χ1) is 13.9. The van der Waals surface area contributed by atoms with Crippen LogP contribution >= 0.6 is 15.9 Å². The summed E-state index contributed by atoms with van der Waals surface area (Å²) >= 11 is 3.36. The van der Waals surface area contributed by atoms with Crippen LogP contribution in [0.2, 0.25) is 0 Å². The number of rotatable bonds is 7. The Hall–Kier alpha value is -1.65. The first-order valence-corrected chi connectivity index (χ1v) is 13.4. The zero-order chi connectivity index (χ0) is 20.9. The Kier molecular flexibility index (Phi) is 7.53. The number of benzene rings is 3. The van der Waals surface area contributed by atoms with E-state index < -0.39 is 9.84 Å². The molecular formula is C24H23BrO2SSe. The van der Waals surface area contributed by atoms with Gasteiger partial charge in [0.05, 0.1) is 0 Å². The van der Waals surface area contributed by atoms with Crippen LogP contribution in [0.5, 0.6) is 0 Å². The predicted molar refractivity (Wildman–Crippen MR) is 126 cm³/mol. The molecule has 0 aliphatic rings. The molecule has 0 amide bonds. The molecule has 0 unspecified atom stereocenters. The maximum atomic E-state index is 13.6. The third-order valence-corrected chi connectivity index (χ3v) is 9.73. The van der Waals surface area contributed by atoms with Crippen molar-refractivity contribution in [2.75, 3.05) is 0 Å². The molecule has 3 aromatic carbocycles. The average Bonchev–Trinajstić information content (AvgIpc) is 2.72. The Morgan fingerprint density at radius 1 is 0.897 bits per heavy atom. The van der Waals surface area contributed by atoms with Gasteiger partial charge in [0.2, 0.25) is 0 Å². The van der Waals surface area contributed by atoms with Crippen molar-refractivity contribution >= 4 is 49.7 Å². The minimum atomic E-state index is -3.57. The number of allylic oxidation sites excluding steroid dienone is 1. The number of hydrogen-bond donors (Lipinski definition) is 0. The summed E-state index contributed by atoms with van der Waals surface area (Å²) in [7, 11) is -3.57. The van der Waals surface area contributed by atoms with Crippen molar-refractivity contribution in [3.8, 4) is 0 Å². The van der Waals surface area contributed by atoms with Crippen molar-refractivity contribution in [2.45, 2.75) is 31.6 Å². The second-order valence-electron chi connectivity index (χ2n) is 6.74. The van der Waals surface area contributed by atoms with Crippen LogP contribution in [0.1, 0.15) is 30.9 Å². The SMILES string of the molecule is CCC/C(=C(\[Se]c1ccccc1)c1ccc(Br)cc1)S(=O)(=O)c1ccc(C)cc1. The number of aryl methyl sites for hydroxylation is 1. The van der Waals surface area contributed by atoms with Gasteiger partial charge in [-0.05, 0) is 0 Å². The molecule has 3 aromatic rings. The summed E-state index contributed by atoms with van der Waals surface area (Å²) in [6, 6.07) is 25.2. The van der Waals surface area contributed by atoms with Gasteiger partial charge in [0.1, 0.15) is 0 Å². The molecule has 0 spiro atoms. The standard InChI is InChI=1S/C24H23BrO2SSe/c1-3-7-23(28(26,27)21-16-10-18(2)11-17-21)24(19-12-14-20(25)15-13-19)29-22-8-5-4-6-9-22/h4-6,8-17H,3,7H2,1-2H3/b24-23+. The monoisotopic (exact) mass is 534 g/mol. The van der Waals surface area contributed by atoms with Crippen LogP contribution in [0.25, 0.3) is 4.47 Å². The Morgan fingerprint density at radius 2 is 1.52 bits per heavy atom. The van der Waals surface area contributed by atoms with E-state index in [2.05, 4.69) is 28.1 Å². The second kappa shape index (κ2) is 9.90. The minimum absolute atomic E-state index is 0.128. The summed E-state index contributed by atoms with van der Waals surface area (Å²) in [6.45, 7) is 3.99. The quantitative estimate of drug-likeness (QED) is 0.363. The second-order valence-corrected chi connectivity index (χ2v) is 11.9. The molecule has 0 bridgehead atoms. The van der Waals surface area contributed by atoms with Crippen LogP contribution in [0.3, 0.4) is 0 Å². The van der Waals surface area contributed by atoms with Crippen LogP contribution in [0.4, 0.5) is 0 Å². The van der Waals surface area contributed by atoms with Crippen molar-refractivity contribution in [3.63, 3.8) is 0 Å². The molecule has 0 atom stereocenters. The molecule has 2 nitrogen and oxygen atoms in total. The van der Waals surface area contributed by atoms with Crippen LogP contribution < -0.4 is 4.46 Å². The zero-order valence-electron chi connectivity index (χ0n) is 16.4. The van der Waals surface area contributed by atoms with E-state index in [0.29, 0.717) is 16.2 Å². The molecule has 0 saturated carbocycles. The van der Waals surface area contributed by atoms with E-state index >= 15 is 0 Å². The van der Waals surface area contributed by atoms with Gasteiger partial charge in [0.15, 0.2) is 0 Å². The molecule has 150 valence electrons. The molecule has 0 fully saturated rings. The van der Waals surface area contributed by atoms with Gasteiger partial charge >= 0.3 is 189 Å². The maximum absolute atomic E-state index is 13.6. The van der Waals surface area contributed by atoms with E-state index in [9.17, 15) is 8.42 Å². The Morgan fingerprint density at radius 3 is 2.10 bits per heavy atom. The molecule has 0 aromatic heterocycles. The predicted octanol–water partition coefficient (Wildman–Crippen LogP) is 5.73. The summed E-state index contributed by atoms with van der Waals surface area (Å²) in [5, 5.41) is 0. The first kappa shape index (κ1) is 22.0. The molecular weight excluding hydrogens is 511 g/mol. The van der Waals surface area contributed by atoms with Crippen molar-refractivity contribution in [1.29, 1.82) is 0 Å². The fourth-order valence-corrected chi connectivity index (χ4v) is 7.82. The van der Waals surface area contributed by atoms with Gasteiger partial charge in [-0.15, -0.1) is 0 Å². The normalized spacial score (nSPS) is 12.5. The van der Waals surface area contributed by atoms with E-state index in [-0.39, 0.29) is 15.0 Å². The third kappa shape index (κ3) is 5.49. The van der Waals surface area contributed by atoms with Crippen molar-refractivity contribution in [3.05, 3.63) is 99.4 Å². The van der Waals surface area contributed by atoms with Crippen LogP contribution in [-0.2, 0) is 9.84 Å². The fourth-order valence-electron chi connectivity index (χ4n) is 2.94. The van der Waals surface area contributed by atoms with Gasteiger partial charge in [-0.2, -0.15) is 0 Å². The Bertz CT molecular complexity index is 1090. The van der Waals surface area contributed by atoms with E-state index in [1.807, 2.05) is 68.4 Å². The third-order valence-electron chi connectivity index (χ3n) is 4.46. The summed E-state index contributed by atoms with van der Waals surface area (Å²) in [5.41, 5.74) is 2.02. The fraction of sp³-hybridized carbons (Fsp3) is 0.167. The molecule has 0 heterocycles. The zero-order valence-corrected chi connectivity index (χ0v) is 20.5. The summed E-state index contributed by atoms with van der Waals surface area (Å²) < 4.78 is 30.4. The Labute approximate surface area is 188 Å². The van der Waals surface area contributed by atoms with Crippen molar-refractivity contribution in [2.24, 2.45) is 0 Å². The molecule has 0 saturated heterocycles. The molecule has 0 N–H and O–H groups in total. The van der Waals surface area contributed by atoms with Crippen LogP contribution in [0, 0.1) is 6.92 Å². The van der Waals surface area contributed by atoms with E-state index in [0.717, 1.165) is 31.0 Å². The first-order valence-electron chi connectivity index (χ1n) is 9.45. The topological polar surface area (TPSA) is 34.1 Å². The average molecular weight is 534 g/mol. The number of sulfone groups is 1. The van der Waals surface area contributed by atoms with Crippen molar-refractivity contribution in [1.82, 2.24) is 0 Å². The van der Waals surface area contributed by atoms with E-state index in [1.54, 1.807) is 12.1 Å². The molecule has 0 aliphatic carbocycles. The van der Waals surface area contributed by atoms with Gasteiger partial charge in [-0.3, -0.25) is 0 Å². The van der Waals surface area contributed by atoms with Crippen LogP contribution in [-0.4, -0.2) is 23.4 Å². The molecule has 0 radical (unpaired) electrons. The Balaban J connectivity index is 2.22. The van der Waals surface area contributed by atoms with Gasteiger partial charge in [-0.25, -0.2) is 0 Å². The molecule has 29 heavy (non-hydrogen) atoms. The molecule has 0 aliphatic heterocycles. The van der Waals surface area contributed by atoms with Gasteiger partial charge in [0.25, 0.3) is 0 Å². The van der Waals surface area contributed by atoms with Gasteiger partial charge in [0, 0.05) is 0 Å². The van der Waals surface area contributed by atoms with Gasteiger partial charge < -0.3 is 0 Å². The van der Waals surface area contributed by atoms with Gasteiger partial charge in [-0.1, -0.05) is 0 Å². The summed E-state index contributed by atoms with van der Waals surface area (Å²) in [4.78, 5) is 0.903. The molecule has 3 rings (SSSR count). The summed E-state index contributed by atoms with van der Waals surface area (Å²) in [6.07, 6.45) is 1.29. The molecule has 5 heteroatoms. The van der Waals surface area contributed by atoms with Crippen LogP contribution in [0.15, 0.2) is 93.1 Å². The summed E-state index contributed by atoms with van der Waals surface area (Å²) in [5.74, 6) is 0. The van der Waals surface area contributed by atoms with E-state index in [4.69, 9.17) is 0 Å². The number of halogens is 1.